The van der Waals surface area contributed by atoms with Gasteiger partial charge in [-0.05, 0) is 83.3 Å². The normalized spacial score (nSPS) is 20.2. The molecule has 0 aromatic heterocycles. The van der Waals surface area contributed by atoms with E-state index in [0.29, 0.717) is 11.1 Å². The number of benzene rings is 4. The molecule has 0 saturated heterocycles. The fourth-order valence-corrected chi connectivity index (χ4v) is 11.5. The summed E-state index contributed by atoms with van der Waals surface area (Å²) in [5, 5.41) is 10.5. The Morgan fingerprint density at radius 1 is 0.629 bits per heavy atom. The van der Waals surface area contributed by atoms with Gasteiger partial charge in [0.05, 0.1) is 22.8 Å². The first-order valence-corrected chi connectivity index (χ1v) is 20.8. The van der Waals surface area contributed by atoms with Gasteiger partial charge in [0.15, 0.2) is 9.49 Å². The summed E-state index contributed by atoms with van der Waals surface area (Å²) in [7, 11) is -10.7. The molecule has 0 bridgehead atoms. The van der Waals surface area contributed by atoms with Gasteiger partial charge in [0.2, 0.25) is 2.82 Å². The molecule has 0 fully saturated rings. The van der Waals surface area contributed by atoms with E-state index in [4.69, 9.17) is 2.82 Å². The minimum Gasteiger partial charge on any atom is -0.316 e. The fraction of sp³-hybridized carbons (Fsp3) is 0.250. The second-order valence-electron chi connectivity index (χ2n) is 14.8. The lowest BCUT2D eigenvalue weighted by Gasteiger charge is -2.40. The molecule has 326 valence electrons. The van der Waals surface area contributed by atoms with Crippen LogP contribution in [-0.2, 0) is 39.3 Å². The largest absolute Gasteiger partial charge is 0.471 e. The lowest BCUT2D eigenvalue weighted by Crippen LogP contribution is -2.44. The third-order valence-corrected chi connectivity index (χ3v) is 13.9. The van der Waals surface area contributed by atoms with Crippen LogP contribution in [0.2, 0.25) is 2.82 Å². The Bertz CT molecular complexity index is 2770. The van der Waals surface area contributed by atoms with Crippen LogP contribution in [0.3, 0.4) is 0 Å². The molecule has 2 aliphatic rings. The van der Waals surface area contributed by atoms with Gasteiger partial charge in [0, 0.05) is 24.0 Å². The summed E-state index contributed by atoms with van der Waals surface area (Å²) in [6.45, 7) is 5.95. The molecule has 6 N–H and O–H groups in total. The van der Waals surface area contributed by atoms with Crippen molar-refractivity contribution >= 4 is 43.4 Å². The van der Waals surface area contributed by atoms with Crippen LogP contribution in [-0.4, -0.2) is 50.1 Å². The van der Waals surface area contributed by atoms with E-state index in [1.54, 1.807) is 10.6 Å². The van der Waals surface area contributed by atoms with Gasteiger partial charge in [-0.2, -0.15) is 53.4 Å². The zero-order valence-corrected chi connectivity index (χ0v) is 34.2. The van der Waals surface area contributed by atoms with Crippen molar-refractivity contribution in [3.63, 3.8) is 0 Å². The van der Waals surface area contributed by atoms with Gasteiger partial charge in [-0.15, -0.1) is 0 Å². The number of aryl methyl sites for hydroxylation is 4. The van der Waals surface area contributed by atoms with E-state index in [1.165, 1.54) is 100 Å². The number of rotatable bonds is 9. The molecule has 22 heteroatoms. The molecule has 4 aromatic carbocycles. The Morgan fingerprint density at radius 2 is 0.935 bits per heavy atom. The lowest BCUT2D eigenvalue weighted by molar-refractivity contribution is -0.172. The predicted molar refractivity (Wildman–Crippen MR) is 210 cm³/mol. The van der Waals surface area contributed by atoms with E-state index in [9.17, 15) is 61.9 Å². The quantitative estimate of drug-likeness (QED) is 0.0540. The number of halogens is 6. The smallest absolute Gasteiger partial charge is 0.316 e. The summed E-state index contributed by atoms with van der Waals surface area (Å²) in [5.74, 6) is -4.85. The molecule has 2 amide bonds. The highest BCUT2D eigenvalue weighted by molar-refractivity contribution is 7.87. The standard InChI is InChI=1S/C40H34F6N6O8S2/c1-19-13-23(14-20(2)31(19)37(61(55,56)57)17-29(51-47)33(49-35(53)39(41,42)43)25-9-5-7-11-27(25)37)24-15-21(3)32(22(4)16-24)38(62(58,59)60)18-30(52-48)34(50-36(54)40(44,45)46)26-10-6-8-12-28(26)38/h5-16,47-48H,17-18H2,1-4H3,(H,49,53)(H,50,54)(H,55,56,57)(H,58,59,60)/b51-47+,52-48+. The molecule has 0 heterocycles. The zero-order chi connectivity index (χ0) is 47.5. The Labute approximate surface area is 352 Å². The molecular formula is C40H34F6N6O8S2. The van der Waals surface area contributed by atoms with Crippen LogP contribution in [0.1, 0.15) is 68.5 Å². The number of allylic oxidation sites excluding steroid dienone is 2. The van der Waals surface area contributed by atoms with Crippen LogP contribution in [0.5, 0.6) is 0 Å². The molecule has 0 spiro atoms. The molecule has 6 rings (SSSR count). The first kappa shape index (κ1) is 42.6. The van der Waals surface area contributed by atoms with Crippen LogP contribution in [0.15, 0.2) is 94.4 Å². The van der Waals surface area contributed by atoms with Crippen LogP contribution < -0.4 is 10.6 Å². The molecule has 2 unspecified atom stereocenters. The summed E-state index contributed by atoms with van der Waals surface area (Å²) >= 11 is 0. The molecule has 2 aliphatic carbocycles. The van der Waals surface area contributed by atoms with Crippen molar-refractivity contribution in [2.24, 2.45) is 10.2 Å². The number of nitrogens with one attached hydrogen (secondary N) is 4. The van der Waals surface area contributed by atoms with Gasteiger partial charge >= 0.3 is 24.2 Å². The average Bonchev–Trinajstić information content (AvgIpc) is 3.18. The van der Waals surface area contributed by atoms with Gasteiger partial charge in [0.25, 0.3) is 20.2 Å². The highest BCUT2D eigenvalue weighted by atomic mass is 32.2. The number of hydrogen-bond acceptors (Lipinski definition) is 10. The van der Waals surface area contributed by atoms with E-state index in [-0.39, 0.29) is 55.6 Å². The summed E-state index contributed by atoms with van der Waals surface area (Å²) in [5.41, 5.74) is 3.90. The van der Waals surface area contributed by atoms with Crippen LogP contribution in [0.4, 0.5) is 26.3 Å². The number of fused-ring (bicyclic) bond motifs is 2. The van der Waals surface area contributed by atoms with Gasteiger partial charge < -0.3 is 10.6 Å². The van der Waals surface area contributed by atoms with E-state index >= 15 is 0 Å². The van der Waals surface area contributed by atoms with Crippen molar-refractivity contribution in [2.75, 3.05) is 0 Å². The van der Waals surface area contributed by atoms with Crippen molar-refractivity contribution in [2.45, 2.75) is 62.4 Å². The number of carbonyl (C=O) groups is 2. The van der Waals surface area contributed by atoms with E-state index in [1.807, 2.05) is 0 Å². The molecule has 14 nitrogen and oxygen atoms in total. The van der Waals surface area contributed by atoms with Crippen molar-refractivity contribution in [1.82, 2.24) is 10.6 Å². The lowest BCUT2D eigenvalue weighted by atomic mass is 9.74. The summed E-state index contributed by atoms with van der Waals surface area (Å²) in [4.78, 5) is 24.3. The Balaban J connectivity index is 1.55. The maximum absolute atomic E-state index is 13.8. The molecule has 62 heavy (non-hydrogen) atoms. The van der Waals surface area contributed by atoms with Crippen LogP contribution >= 0.6 is 0 Å². The molecule has 0 radical (unpaired) electrons. The van der Waals surface area contributed by atoms with Crippen molar-refractivity contribution in [1.29, 1.82) is 11.0 Å². The topological polar surface area (TPSA) is 239 Å². The fourth-order valence-electron chi connectivity index (χ4n) is 8.77. The first-order chi connectivity index (χ1) is 29.6. The van der Waals surface area contributed by atoms with E-state index < -0.39 is 89.5 Å². The van der Waals surface area contributed by atoms with Gasteiger partial charge in [-0.25, -0.2) is 11.0 Å². The SMILES string of the molecule is [H]/N=N/C1=C(NC(=O)C(F)(F)F)c2ccccc2C(c2c(C)cc(-c3cc(C)c(C4(S(=O)(=O)O)CC(/N=N/[H])=C(NC(=O)C(F)(F)F)c5ccccc54)c(C)c3)cc2C)(S(=O)(=O)O)C1. The van der Waals surface area contributed by atoms with E-state index in [2.05, 4.69) is 21.3 Å². The van der Waals surface area contributed by atoms with Crippen molar-refractivity contribution in [3.8, 4) is 11.1 Å². The Kier molecular flexibility index (Phi) is 10.6. The van der Waals surface area contributed by atoms with E-state index in [0.717, 1.165) is 0 Å². The van der Waals surface area contributed by atoms with Crippen molar-refractivity contribution in [3.05, 3.63) is 140 Å². The van der Waals surface area contributed by atoms with Gasteiger partial charge in [-0.3, -0.25) is 18.7 Å². The third-order valence-electron chi connectivity index (χ3n) is 11.0. The van der Waals surface area contributed by atoms with Crippen molar-refractivity contribution < 1.29 is 64.7 Å². The second kappa shape index (κ2) is 15.4. The van der Waals surface area contributed by atoms with Crippen LogP contribution in [0, 0.1) is 38.7 Å². The number of amides is 2. The number of carbonyl (C=O) groups excluding carboxylic acids is 2. The molecule has 4 aromatic rings. The average molecular weight is 905 g/mol. The highest BCUT2D eigenvalue weighted by Crippen LogP contribution is 2.54. The van der Waals surface area contributed by atoms with Gasteiger partial charge in [0.1, 0.15) is 0 Å². The first-order valence-electron chi connectivity index (χ1n) is 18.9. The summed E-state index contributed by atoms with van der Waals surface area (Å²) in [6, 6.07) is 16.3. The molecule has 0 saturated carbocycles. The zero-order valence-electron chi connectivity index (χ0n) is 34.6. The number of hydrogen-bond donors (Lipinski definition) is 6. The number of alkyl halides is 6. The second-order valence-corrected chi connectivity index (χ2v) is 18.1. The number of nitrogens with zero attached hydrogens (tertiary/aromatic N) is 2. The molecule has 0 aliphatic heterocycles. The van der Waals surface area contributed by atoms with Gasteiger partial charge in [-0.1, -0.05) is 72.8 Å². The maximum Gasteiger partial charge on any atom is 0.471 e. The Morgan fingerprint density at radius 3 is 1.21 bits per heavy atom. The minimum atomic E-state index is -5.38. The monoisotopic (exact) mass is 904 g/mol. The highest BCUT2D eigenvalue weighted by Gasteiger charge is 2.55. The molecular weight excluding hydrogens is 871 g/mol. The Hall–Kier alpha value is -6.10. The predicted octanol–water partition coefficient (Wildman–Crippen LogP) is 8.41. The summed E-state index contributed by atoms with van der Waals surface area (Å²) in [6.07, 6.45) is -12.6. The molecule has 2 atom stereocenters. The van der Waals surface area contributed by atoms with Crippen LogP contribution in [0.25, 0.3) is 22.5 Å². The summed E-state index contributed by atoms with van der Waals surface area (Å²) < 4.78 is 168. The minimum absolute atomic E-state index is 0.0458. The maximum atomic E-state index is 13.8. The third kappa shape index (κ3) is 7.28.